The first-order valence-electron chi connectivity index (χ1n) is 8.61. The molecular weight excluding hydrogens is 394 g/mol. The fraction of sp³-hybridized carbons (Fsp3) is 0.0476. The van der Waals surface area contributed by atoms with E-state index in [1.165, 1.54) is 30.3 Å². The second kappa shape index (κ2) is 6.84. The third-order valence-corrected chi connectivity index (χ3v) is 5.98. The smallest absolute Gasteiger partial charge is 0.317 e. The molecule has 0 atom stereocenters. The van der Waals surface area contributed by atoms with Crippen molar-refractivity contribution in [2.45, 2.75) is 11.8 Å². The van der Waals surface area contributed by atoms with Crippen LogP contribution in [-0.4, -0.2) is 25.1 Å². The van der Waals surface area contributed by atoms with Crippen LogP contribution in [0.25, 0.3) is 0 Å². The van der Waals surface area contributed by atoms with Gasteiger partial charge in [0.25, 0.3) is 0 Å². The number of hydrogen-bond acceptors (Lipinski definition) is 7. The highest BCUT2D eigenvalue weighted by Crippen LogP contribution is 2.37. The Morgan fingerprint density at radius 1 is 0.828 bits per heavy atom. The van der Waals surface area contributed by atoms with Crippen molar-refractivity contribution < 1.29 is 27.4 Å². The Morgan fingerprint density at radius 3 is 2.07 bits per heavy atom. The first-order chi connectivity index (χ1) is 13.8. The standard InChI is InChI=1S/C21H15NO6S/c1-12-6-2-5-9-17(12)29(26,27)28-22-15-10-11-16(23)19-18(15)20(24)13-7-3-4-8-14(13)21(19)25/h2-11,22-23H,1H3. The predicted molar refractivity (Wildman–Crippen MR) is 104 cm³/mol. The van der Waals surface area contributed by atoms with Crippen molar-refractivity contribution in [2.24, 2.45) is 0 Å². The average molecular weight is 409 g/mol. The third kappa shape index (κ3) is 3.08. The SMILES string of the molecule is Cc1ccccc1S(=O)(=O)ONc1ccc(O)c2c1C(=O)c1ccccc1C2=O. The summed E-state index contributed by atoms with van der Waals surface area (Å²) in [5.41, 5.74) is 2.72. The minimum absolute atomic E-state index is 0.0344. The molecule has 0 unspecified atom stereocenters. The van der Waals surface area contributed by atoms with Crippen molar-refractivity contribution in [1.82, 2.24) is 0 Å². The number of phenolic OH excluding ortho intramolecular Hbond substituents is 1. The van der Waals surface area contributed by atoms with Gasteiger partial charge in [0.05, 0.1) is 21.7 Å². The van der Waals surface area contributed by atoms with E-state index in [4.69, 9.17) is 4.28 Å². The van der Waals surface area contributed by atoms with Gasteiger partial charge in [0.15, 0.2) is 11.6 Å². The third-order valence-electron chi connectivity index (χ3n) is 4.68. The highest BCUT2D eigenvalue weighted by atomic mass is 32.2. The van der Waals surface area contributed by atoms with Gasteiger partial charge in [-0.2, -0.15) is 8.42 Å². The van der Waals surface area contributed by atoms with Crippen LogP contribution >= 0.6 is 0 Å². The van der Waals surface area contributed by atoms with E-state index in [0.717, 1.165) is 0 Å². The van der Waals surface area contributed by atoms with Crippen LogP contribution in [0, 0.1) is 6.92 Å². The van der Waals surface area contributed by atoms with Crippen LogP contribution in [0.1, 0.15) is 37.4 Å². The Labute approximate surface area is 166 Å². The number of aromatic hydroxyl groups is 1. The monoisotopic (exact) mass is 409 g/mol. The molecule has 3 aromatic rings. The minimum Gasteiger partial charge on any atom is -0.507 e. The maximum Gasteiger partial charge on any atom is 0.317 e. The maximum absolute atomic E-state index is 13.0. The number of ketones is 2. The van der Waals surface area contributed by atoms with Crippen LogP contribution in [-0.2, 0) is 14.4 Å². The van der Waals surface area contributed by atoms with Gasteiger partial charge in [0.1, 0.15) is 5.75 Å². The first-order valence-corrected chi connectivity index (χ1v) is 10.0. The lowest BCUT2D eigenvalue weighted by Crippen LogP contribution is -2.23. The molecule has 7 nitrogen and oxygen atoms in total. The Balaban J connectivity index is 1.75. The average Bonchev–Trinajstić information content (AvgIpc) is 2.71. The van der Waals surface area contributed by atoms with Crippen molar-refractivity contribution >= 4 is 27.4 Å². The highest BCUT2D eigenvalue weighted by Gasteiger charge is 2.34. The molecule has 0 radical (unpaired) electrons. The molecular formula is C21H15NO6S. The van der Waals surface area contributed by atoms with Crippen LogP contribution in [0.2, 0.25) is 0 Å². The quantitative estimate of drug-likeness (QED) is 0.393. The van der Waals surface area contributed by atoms with E-state index >= 15 is 0 Å². The Hall–Kier alpha value is -3.49. The molecule has 0 spiro atoms. The predicted octanol–water partition coefficient (Wildman–Crippen LogP) is 3.21. The van der Waals surface area contributed by atoms with Crippen LogP contribution < -0.4 is 5.48 Å². The summed E-state index contributed by atoms with van der Waals surface area (Å²) >= 11 is 0. The minimum atomic E-state index is -4.19. The summed E-state index contributed by atoms with van der Waals surface area (Å²) < 4.78 is 30.0. The number of anilines is 1. The lowest BCUT2D eigenvalue weighted by Gasteiger charge is -2.21. The van der Waals surface area contributed by atoms with Gasteiger partial charge in [0, 0.05) is 11.1 Å². The Kier molecular flexibility index (Phi) is 4.45. The summed E-state index contributed by atoms with van der Waals surface area (Å²) in [4.78, 5) is 25.7. The molecule has 0 heterocycles. The number of aryl methyl sites for hydroxylation is 1. The lowest BCUT2D eigenvalue weighted by molar-refractivity contribution is 0.0977. The molecule has 0 fully saturated rings. The Bertz CT molecular complexity index is 1280. The van der Waals surface area contributed by atoms with Gasteiger partial charge in [-0.1, -0.05) is 42.5 Å². The van der Waals surface area contributed by atoms with Gasteiger partial charge in [0.2, 0.25) is 0 Å². The number of carbonyl (C=O) groups is 2. The molecule has 0 saturated heterocycles. The number of rotatable bonds is 4. The fourth-order valence-corrected chi connectivity index (χ4v) is 4.27. The zero-order valence-electron chi connectivity index (χ0n) is 15.2. The van der Waals surface area contributed by atoms with Crippen LogP contribution in [0.15, 0.2) is 65.6 Å². The Morgan fingerprint density at radius 2 is 1.41 bits per heavy atom. The van der Waals surface area contributed by atoms with E-state index in [1.807, 2.05) is 0 Å². The number of nitrogens with one attached hydrogen (secondary N) is 1. The van der Waals surface area contributed by atoms with Gasteiger partial charge in [-0.3, -0.25) is 9.59 Å². The highest BCUT2D eigenvalue weighted by molar-refractivity contribution is 7.86. The van der Waals surface area contributed by atoms with Crippen LogP contribution in [0.5, 0.6) is 5.75 Å². The molecule has 1 aliphatic carbocycles. The molecule has 0 aromatic heterocycles. The largest absolute Gasteiger partial charge is 0.507 e. The molecule has 0 saturated carbocycles. The molecule has 0 amide bonds. The van der Waals surface area contributed by atoms with E-state index in [-0.39, 0.29) is 38.6 Å². The van der Waals surface area contributed by atoms with Crippen molar-refractivity contribution in [3.63, 3.8) is 0 Å². The summed E-state index contributed by atoms with van der Waals surface area (Å²) in [7, 11) is -4.19. The van der Waals surface area contributed by atoms with Crippen molar-refractivity contribution in [1.29, 1.82) is 0 Å². The summed E-state index contributed by atoms with van der Waals surface area (Å²) in [5.74, 6) is -1.43. The van der Waals surface area contributed by atoms with Gasteiger partial charge in [-0.15, -0.1) is 4.28 Å². The van der Waals surface area contributed by atoms with Gasteiger partial charge in [-0.05, 0) is 30.7 Å². The first kappa shape index (κ1) is 18.9. The van der Waals surface area contributed by atoms with Gasteiger partial charge < -0.3 is 5.11 Å². The molecule has 29 heavy (non-hydrogen) atoms. The second-order valence-electron chi connectivity index (χ2n) is 6.49. The van der Waals surface area contributed by atoms with E-state index in [9.17, 15) is 23.1 Å². The fourth-order valence-electron chi connectivity index (χ4n) is 3.27. The molecule has 1 aliphatic rings. The van der Waals surface area contributed by atoms with Crippen molar-refractivity contribution in [3.05, 3.63) is 88.5 Å². The van der Waals surface area contributed by atoms with E-state index in [2.05, 4.69) is 5.48 Å². The number of fused-ring (bicyclic) bond motifs is 2. The molecule has 146 valence electrons. The number of carbonyl (C=O) groups excluding carboxylic acids is 2. The summed E-state index contributed by atoms with van der Waals surface area (Å²) in [6.07, 6.45) is 0. The van der Waals surface area contributed by atoms with Crippen LogP contribution in [0.4, 0.5) is 5.69 Å². The second-order valence-corrected chi connectivity index (χ2v) is 8.01. The lowest BCUT2D eigenvalue weighted by atomic mass is 9.83. The number of benzene rings is 3. The van der Waals surface area contributed by atoms with E-state index in [0.29, 0.717) is 5.56 Å². The molecule has 2 N–H and O–H groups in total. The normalized spacial score (nSPS) is 13.0. The maximum atomic E-state index is 13.0. The zero-order chi connectivity index (χ0) is 20.8. The summed E-state index contributed by atoms with van der Waals surface area (Å²) in [6.45, 7) is 1.62. The van der Waals surface area contributed by atoms with Gasteiger partial charge in [-0.25, -0.2) is 5.48 Å². The zero-order valence-corrected chi connectivity index (χ0v) is 16.0. The molecule has 8 heteroatoms. The molecule has 4 rings (SSSR count). The molecule has 0 aliphatic heterocycles. The number of hydrogen-bond donors (Lipinski definition) is 2. The van der Waals surface area contributed by atoms with E-state index in [1.54, 1.807) is 37.3 Å². The van der Waals surface area contributed by atoms with Crippen molar-refractivity contribution in [3.8, 4) is 5.75 Å². The van der Waals surface area contributed by atoms with Gasteiger partial charge >= 0.3 is 10.1 Å². The molecule has 0 bridgehead atoms. The molecule has 3 aromatic carbocycles. The van der Waals surface area contributed by atoms with E-state index < -0.39 is 21.7 Å². The summed E-state index contributed by atoms with van der Waals surface area (Å²) in [6, 6.07) is 15.0. The van der Waals surface area contributed by atoms with Crippen molar-refractivity contribution in [2.75, 3.05) is 5.48 Å². The topological polar surface area (TPSA) is 110 Å². The summed E-state index contributed by atoms with van der Waals surface area (Å²) in [5, 5.41) is 10.2. The number of phenols is 1. The van der Waals surface area contributed by atoms with Crippen LogP contribution in [0.3, 0.4) is 0 Å².